The van der Waals surface area contributed by atoms with Gasteiger partial charge in [-0.1, -0.05) is 29.8 Å². The van der Waals surface area contributed by atoms with Crippen molar-refractivity contribution >= 4 is 5.69 Å². The van der Waals surface area contributed by atoms with Gasteiger partial charge in [0.05, 0.1) is 0 Å². The Kier molecular flexibility index (Phi) is 5.25. The predicted octanol–water partition coefficient (Wildman–Crippen LogP) is 3.96. The first-order valence-corrected chi connectivity index (χ1v) is 7.96. The second-order valence-corrected chi connectivity index (χ2v) is 6.51. The third-order valence-electron chi connectivity index (χ3n) is 4.34. The van der Waals surface area contributed by atoms with Crippen LogP contribution >= 0.6 is 0 Å². The molecule has 2 N–H and O–H groups in total. The Morgan fingerprint density at radius 1 is 1.00 bits per heavy atom. The van der Waals surface area contributed by atoms with Crippen molar-refractivity contribution in [3.63, 3.8) is 0 Å². The Hall–Kier alpha value is -1.80. The molecule has 0 spiro atoms. The van der Waals surface area contributed by atoms with E-state index in [0.717, 1.165) is 6.42 Å². The molecule has 0 aliphatic heterocycles. The summed E-state index contributed by atoms with van der Waals surface area (Å²) >= 11 is 0. The van der Waals surface area contributed by atoms with Crippen LogP contribution in [0.1, 0.15) is 33.7 Å². The number of anilines is 1. The van der Waals surface area contributed by atoms with Gasteiger partial charge in [0.1, 0.15) is 0 Å². The van der Waals surface area contributed by atoms with E-state index >= 15 is 0 Å². The van der Waals surface area contributed by atoms with Crippen LogP contribution in [0.3, 0.4) is 0 Å². The zero-order valence-corrected chi connectivity index (χ0v) is 14.5. The van der Waals surface area contributed by atoms with Crippen molar-refractivity contribution in [2.24, 2.45) is 5.73 Å². The van der Waals surface area contributed by atoms with Gasteiger partial charge in [-0.05, 0) is 68.1 Å². The Bertz CT molecular complexity index is 621. The molecule has 2 rings (SSSR count). The van der Waals surface area contributed by atoms with Gasteiger partial charge in [-0.15, -0.1) is 0 Å². The molecule has 0 aliphatic carbocycles. The lowest BCUT2D eigenvalue weighted by Crippen LogP contribution is -2.18. The third-order valence-corrected chi connectivity index (χ3v) is 4.34. The molecule has 0 aliphatic rings. The molecular weight excluding hydrogens is 268 g/mol. The topological polar surface area (TPSA) is 29.3 Å². The van der Waals surface area contributed by atoms with Crippen molar-refractivity contribution in [1.29, 1.82) is 0 Å². The molecule has 0 radical (unpaired) electrons. The number of hydrogen-bond acceptors (Lipinski definition) is 2. The zero-order chi connectivity index (χ0) is 16.3. The molecule has 2 aromatic carbocycles. The summed E-state index contributed by atoms with van der Waals surface area (Å²) in [6.07, 6.45) is 0.989. The Morgan fingerprint density at radius 3 is 2.18 bits per heavy atom. The van der Waals surface area contributed by atoms with Gasteiger partial charge in [0.2, 0.25) is 0 Å². The van der Waals surface area contributed by atoms with E-state index in [4.69, 9.17) is 5.73 Å². The molecule has 118 valence electrons. The summed E-state index contributed by atoms with van der Waals surface area (Å²) in [6, 6.07) is 13.3. The molecule has 2 aromatic rings. The van der Waals surface area contributed by atoms with Gasteiger partial charge in [-0.3, -0.25) is 0 Å². The first-order valence-electron chi connectivity index (χ1n) is 7.96. The van der Waals surface area contributed by atoms with Crippen molar-refractivity contribution in [3.8, 4) is 0 Å². The molecule has 0 aromatic heterocycles. The van der Waals surface area contributed by atoms with Crippen LogP contribution in [0.15, 0.2) is 36.4 Å². The normalized spacial score (nSPS) is 12.3. The summed E-state index contributed by atoms with van der Waals surface area (Å²) in [6.45, 7) is 7.24. The summed E-state index contributed by atoms with van der Waals surface area (Å²) in [5.41, 5.74) is 14.2. The van der Waals surface area contributed by atoms with Crippen molar-refractivity contribution < 1.29 is 0 Å². The van der Waals surface area contributed by atoms with Crippen LogP contribution < -0.4 is 10.6 Å². The standard InChI is InChI=1S/C20H28N2/c1-14-9-15(2)20(16(3)10-14)18(13-21)11-17-7-6-8-19(12-17)22(4)5/h6-10,12,18H,11,13,21H2,1-5H3. The number of rotatable bonds is 5. The molecule has 2 heteroatoms. The lowest BCUT2D eigenvalue weighted by molar-refractivity contribution is 0.685. The minimum Gasteiger partial charge on any atom is -0.378 e. The largest absolute Gasteiger partial charge is 0.378 e. The molecule has 1 unspecified atom stereocenters. The van der Waals surface area contributed by atoms with Gasteiger partial charge in [0.25, 0.3) is 0 Å². The molecule has 0 amide bonds. The number of nitrogens with zero attached hydrogens (tertiary/aromatic N) is 1. The molecule has 0 bridgehead atoms. The monoisotopic (exact) mass is 296 g/mol. The van der Waals surface area contributed by atoms with Crippen LogP contribution in [-0.4, -0.2) is 20.6 Å². The number of nitrogens with two attached hydrogens (primary N) is 1. The van der Waals surface area contributed by atoms with Gasteiger partial charge < -0.3 is 10.6 Å². The van der Waals surface area contributed by atoms with Crippen LogP contribution in [0.2, 0.25) is 0 Å². The van der Waals surface area contributed by atoms with E-state index in [1.165, 1.54) is 33.5 Å². The smallest absolute Gasteiger partial charge is 0.0363 e. The Labute approximate surface area is 135 Å². The zero-order valence-electron chi connectivity index (χ0n) is 14.5. The highest BCUT2D eigenvalue weighted by Crippen LogP contribution is 2.28. The predicted molar refractivity (Wildman–Crippen MR) is 96.9 cm³/mol. The highest BCUT2D eigenvalue weighted by molar-refractivity contribution is 5.48. The van der Waals surface area contributed by atoms with Gasteiger partial charge in [0.15, 0.2) is 0 Å². The molecular formula is C20H28N2. The lowest BCUT2D eigenvalue weighted by atomic mass is 9.85. The maximum Gasteiger partial charge on any atom is 0.0363 e. The SMILES string of the molecule is Cc1cc(C)c(C(CN)Cc2cccc(N(C)C)c2)c(C)c1. The van der Waals surface area contributed by atoms with Gasteiger partial charge >= 0.3 is 0 Å². The van der Waals surface area contributed by atoms with Crippen molar-refractivity contribution in [3.05, 3.63) is 64.2 Å². The summed E-state index contributed by atoms with van der Waals surface area (Å²) in [4.78, 5) is 2.14. The number of aryl methyl sites for hydroxylation is 3. The molecule has 0 heterocycles. The highest BCUT2D eigenvalue weighted by Gasteiger charge is 2.16. The average Bonchev–Trinajstić information content (AvgIpc) is 2.45. The highest BCUT2D eigenvalue weighted by atomic mass is 15.1. The van der Waals surface area contributed by atoms with E-state index < -0.39 is 0 Å². The summed E-state index contributed by atoms with van der Waals surface area (Å²) in [7, 11) is 4.15. The van der Waals surface area contributed by atoms with Crippen LogP contribution in [0.4, 0.5) is 5.69 Å². The van der Waals surface area contributed by atoms with Crippen LogP contribution in [0.25, 0.3) is 0 Å². The third kappa shape index (κ3) is 3.69. The molecule has 1 atom stereocenters. The lowest BCUT2D eigenvalue weighted by Gasteiger charge is -2.22. The Morgan fingerprint density at radius 2 is 1.64 bits per heavy atom. The fourth-order valence-electron chi connectivity index (χ4n) is 3.38. The molecule has 0 fully saturated rings. The van der Waals surface area contributed by atoms with Gasteiger partial charge in [-0.2, -0.15) is 0 Å². The summed E-state index contributed by atoms with van der Waals surface area (Å²) < 4.78 is 0. The minimum absolute atomic E-state index is 0.373. The second-order valence-electron chi connectivity index (χ2n) is 6.51. The molecule has 2 nitrogen and oxygen atoms in total. The minimum atomic E-state index is 0.373. The first kappa shape index (κ1) is 16.6. The quantitative estimate of drug-likeness (QED) is 0.905. The maximum absolute atomic E-state index is 6.12. The van der Waals surface area contributed by atoms with Gasteiger partial charge in [-0.25, -0.2) is 0 Å². The van der Waals surface area contributed by atoms with E-state index in [0.29, 0.717) is 12.5 Å². The molecule has 0 saturated heterocycles. The first-order chi connectivity index (χ1) is 10.4. The van der Waals surface area contributed by atoms with E-state index in [-0.39, 0.29) is 0 Å². The summed E-state index contributed by atoms with van der Waals surface area (Å²) in [5, 5.41) is 0. The second kappa shape index (κ2) is 6.97. The van der Waals surface area contributed by atoms with Crippen molar-refractivity contribution in [2.75, 3.05) is 25.5 Å². The van der Waals surface area contributed by atoms with Crippen molar-refractivity contribution in [1.82, 2.24) is 0 Å². The fraction of sp³-hybridized carbons (Fsp3) is 0.400. The molecule has 22 heavy (non-hydrogen) atoms. The van der Waals surface area contributed by atoms with E-state index in [2.05, 4.69) is 76.2 Å². The van der Waals surface area contributed by atoms with Crippen molar-refractivity contribution in [2.45, 2.75) is 33.1 Å². The van der Waals surface area contributed by atoms with Gasteiger partial charge in [0, 0.05) is 25.7 Å². The fourth-order valence-corrected chi connectivity index (χ4v) is 3.38. The Balaban J connectivity index is 2.32. The summed E-state index contributed by atoms with van der Waals surface area (Å²) in [5.74, 6) is 0.373. The maximum atomic E-state index is 6.12. The van der Waals surface area contributed by atoms with Crippen LogP contribution in [-0.2, 0) is 6.42 Å². The number of hydrogen-bond donors (Lipinski definition) is 1. The van der Waals surface area contributed by atoms with Crippen LogP contribution in [0.5, 0.6) is 0 Å². The number of benzene rings is 2. The van der Waals surface area contributed by atoms with E-state index in [1.54, 1.807) is 0 Å². The van der Waals surface area contributed by atoms with E-state index in [1.807, 2.05) is 0 Å². The van der Waals surface area contributed by atoms with Crippen LogP contribution in [0, 0.1) is 20.8 Å². The molecule has 0 saturated carbocycles. The van der Waals surface area contributed by atoms with E-state index in [9.17, 15) is 0 Å². The average molecular weight is 296 g/mol.